The average Bonchev–Trinajstić information content (AvgIpc) is 2.88. The summed E-state index contributed by atoms with van der Waals surface area (Å²) >= 11 is 0. The molecule has 31 heavy (non-hydrogen) atoms. The van der Waals surface area contributed by atoms with Crippen LogP contribution in [0.5, 0.6) is 5.75 Å². The maximum absolute atomic E-state index is 12.3. The smallest absolute Gasteiger partial charge is 0.254 e. The monoisotopic (exact) mass is 477 g/mol. The number of rotatable bonds is 9. The summed E-state index contributed by atoms with van der Waals surface area (Å²) in [6.07, 6.45) is 2.57. The number of hydrogen-bond donors (Lipinski definition) is 0. The molecule has 0 N–H and O–H groups in total. The van der Waals surface area contributed by atoms with E-state index in [1.165, 1.54) is 17.1 Å². The second-order valence-electron chi connectivity index (χ2n) is 10.5. The Bertz CT molecular complexity index is 887. The Balaban J connectivity index is 2.69. The van der Waals surface area contributed by atoms with Gasteiger partial charge in [0.25, 0.3) is 11.8 Å². The van der Waals surface area contributed by atoms with Gasteiger partial charge < -0.3 is 13.3 Å². The molecule has 0 saturated heterocycles. The van der Waals surface area contributed by atoms with Gasteiger partial charge in [0.1, 0.15) is 11.5 Å². The minimum Gasteiger partial charge on any atom is -0.544 e. The zero-order valence-corrected chi connectivity index (χ0v) is 23.2. The quantitative estimate of drug-likeness (QED) is 0.278. The summed E-state index contributed by atoms with van der Waals surface area (Å²) in [5.41, 5.74) is 0.785. The van der Waals surface area contributed by atoms with Crippen LogP contribution in [0.3, 0.4) is 0 Å². The molecular weight excluding hydrogens is 443 g/mol. The highest BCUT2D eigenvalue weighted by Crippen LogP contribution is 2.35. The van der Waals surface area contributed by atoms with Gasteiger partial charge in [-0.15, -0.1) is 0 Å². The maximum Gasteiger partial charge on any atom is 0.254 e. The summed E-state index contributed by atoms with van der Waals surface area (Å²) < 4.78 is 19.3. The van der Waals surface area contributed by atoms with Crippen LogP contribution in [-0.4, -0.2) is 48.2 Å². The lowest BCUT2D eigenvalue weighted by Gasteiger charge is -2.31. The number of amides is 2. The molecule has 1 aromatic carbocycles. The third kappa shape index (κ3) is 7.82. The number of nitrogens with zero attached hydrogens (tertiary/aromatic N) is 1. The predicted molar refractivity (Wildman–Crippen MR) is 132 cm³/mol. The van der Waals surface area contributed by atoms with Crippen molar-refractivity contribution in [2.75, 3.05) is 6.54 Å². The minimum atomic E-state index is -2.10. The van der Waals surface area contributed by atoms with Crippen LogP contribution >= 0.6 is 0 Å². The molecule has 1 heterocycles. The SMILES string of the molecule is C[Si](C)(C)OC(CN1C(=O)C=CC1=O)=C(O[Si](C)(C)C)c1ccccc1O[Si](C)(C)C. The van der Waals surface area contributed by atoms with Gasteiger partial charge in [-0.2, -0.15) is 0 Å². The van der Waals surface area contributed by atoms with Crippen LogP contribution in [0.15, 0.2) is 42.2 Å². The molecule has 0 radical (unpaired) electrons. The third-order valence-electron chi connectivity index (χ3n) is 3.84. The molecule has 1 aliphatic heterocycles. The molecule has 2 rings (SSSR count). The largest absolute Gasteiger partial charge is 0.544 e. The highest BCUT2D eigenvalue weighted by molar-refractivity contribution is 6.71. The summed E-state index contributed by atoms with van der Waals surface area (Å²) in [6.45, 7) is 18.9. The van der Waals surface area contributed by atoms with Gasteiger partial charge in [0.2, 0.25) is 25.0 Å². The molecule has 0 fully saturated rings. The molecule has 1 aliphatic rings. The van der Waals surface area contributed by atoms with Gasteiger partial charge in [-0.3, -0.25) is 14.5 Å². The average molecular weight is 478 g/mol. The topological polar surface area (TPSA) is 65.1 Å². The van der Waals surface area contributed by atoms with Gasteiger partial charge in [-0.25, -0.2) is 0 Å². The molecule has 0 unspecified atom stereocenters. The van der Waals surface area contributed by atoms with Crippen LogP contribution in [0, 0.1) is 0 Å². The second-order valence-corrected chi connectivity index (χ2v) is 23.8. The molecule has 0 bridgehead atoms. The molecule has 0 saturated carbocycles. The fourth-order valence-electron chi connectivity index (χ4n) is 2.89. The van der Waals surface area contributed by atoms with Gasteiger partial charge in [-0.1, -0.05) is 12.1 Å². The van der Waals surface area contributed by atoms with Crippen LogP contribution in [0.25, 0.3) is 5.76 Å². The first kappa shape index (κ1) is 25.2. The lowest BCUT2D eigenvalue weighted by atomic mass is 10.1. The first-order chi connectivity index (χ1) is 14.1. The highest BCUT2D eigenvalue weighted by atomic mass is 28.4. The van der Waals surface area contributed by atoms with Gasteiger partial charge in [0.05, 0.1) is 12.1 Å². The number of para-hydroxylation sites is 1. The Kier molecular flexibility index (Phi) is 7.44. The van der Waals surface area contributed by atoms with Crippen LogP contribution in [0.1, 0.15) is 5.56 Å². The van der Waals surface area contributed by atoms with Crippen molar-refractivity contribution in [3.05, 3.63) is 47.7 Å². The van der Waals surface area contributed by atoms with Gasteiger partial charge in [-0.05, 0) is 71.1 Å². The molecule has 2 amide bonds. The number of carbonyl (C=O) groups excluding carboxylic acids is 2. The molecule has 0 spiro atoms. The Morgan fingerprint density at radius 2 is 1.29 bits per heavy atom. The van der Waals surface area contributed by atoms with Crippen molar-refractivity contribution in [1.29, 1.82) is 0 Å². The minimum absolute atomic E-state index is 0.0238. The fourth-order valence-corrected chi connectivity index (χ4v) is 5.46. The van der Waals surface area contributed by atoms with Crippen molar-refractivity contribution in [1.82, 2.24) is 4.90 Å². The molecule has 170 valence electrons. The molecule has 0 aromatic heterocycles. The molecule has 1 aromatic rings. The summed E-state index contributed by atoms with van der Waals surface area (Å²) in [7, 11) is -6.08. The van der Waals surface area contributed by atoms with Crippen LogP contribution in [0.2, 0.25) is 58.9 Å². The number of imide groups is 1. The fraction of sp³-hybridized carbons (Fsp3) is 0.455. The van der Waals surface area contributed by atoms with E-state index in [1.54, 1.807) is 0 Å². The third-order valence-corrected chi connectivity index (χ3v) is 6.35. The van der Waals surface area contributed by atoms with E-state index in [0.29, 0.717) is 11.5 Å². The van der Waals surface area contributed by atoms with Crippen molar-refractivity contribution in [3.8, 4) is 5.75 Å². The predicted octanol–water partition coefficient (Wildman–Crippen LogP) is 5.20. The van der Waals surface area contributed by atoms with E-state index in [4.69, 9.17) is 13.3 Å². The van der Waals surface area contributed by atoms with Gasteiger partial charge in [0, 0.05) is 12.2 Å². The van der Waals surface area contributed by atoms with E-state index in [1.807, 2.05) is 24.3 Å². The van der Waals surface area contributed by atoms with E-state index >= 15 is 0 Å². The first-order valence-corrected chi connectivity index (χ1v) is 20.7. The van der Waals surface area contributed by atoms with Crippen molar-refractivity contribution >= 4 is 42.5 Å². The molecule has 9 heteroatoms. The Labute approximate surface area is 189 Å². The highest BCUT2D eigenvalue weighted by Gasteiger charge is 2.32. The van der Waals surface area contributed by atoms with E-state index in [2.05, 4.69) is 58.9 Å². The summed E-state index contributed by atoms with van der Waals surface area (Å²) in [4.78, 5) is 25.8. The summed E-state index contributed by atoms with van der Waals surface area (Å²) in [5, 5.41) is 0. The Morgan fingerprint density at radius 1 is 0.774 bits per heavy atom. The van der Waals surface area contributed by atoms with Gasteiger partial charge in [0.15, 0.2) is 5.76 Å². The van der Waals surface area contributed by atoms with E-state index in [0.717, 1.165) is 11.3 Å². The molecule has 0 atom stereocenters. The second kappa shape index (κ2) is 9.17. The lowest BCUT2D eigenvalue weighted by Crippen LogP contribution is -2.37. The van der Waals surface area contributed by atoms with Crippen LogP contribution in [-0.2, 0) is 18.4 Å². The Morgan fingerprint density at radius 3 is 1.77 bits per heavy atom. The van der Waals surface area contributed by atoms with Crippen LogP contribution < -0.4 is 4.43 Å². The zero-order valence-electron chi connectivity index (χ0n) is 20.2. The lowest BCUT2D eigenvalue weighted by molar-refractivity contribution is -0.136. The maximum atomic E-state index is 12.3. The summed E-state index contributed by atoms with van der Waals surface area (Å²) in [5.74, 6) is 1.09. The van der Waals surface area contributed by atoms with Crippen molar-refractivity contribution in [3.63, 3.8) is 0 Å². The van der Waals surface area contributed by atoms with Crippen molar-refractivity contribution in [2.45, 2.75) is 58.9 Å². The van der Waals surface area contributed by atoms with Crippen LogP contribution in [0.4, 0.5) is 0 Å². The van der Waals surface area contributed by atoms with E-state index < -0.39 is 25.0 Å². The normalized spacial score (nSPS) is 15.8. The van der Waals surface area contributed by atoms with Crippen molar-refractivity contribution < 1.29 is 22.9 Å². The zero-order chi connectivity index (χ0) is 23.6. The first-order valence-electron chi connectivity index (χ1n) is 10.5. The Hall–Kier alpha value is -2.11. The number of carbonyl (C=O) groups is 2. The molecule has 0 aliphatic carbocycles. The van der Waals surface area contributed by atoms with Gasteiger partial charge >= 0.3 is 0 Å². The molecule has 6 nitrogen and oxygen atoms in total. The standard InChI is InChI=1S/C22H35NO5Si3/c1-29(2,3)26-18-13-11-10-12-17(18)22(28-31(7,8)9)19(27-30(4,5)6)16-23-20(24)14-15-21(23)25/h10-15H,16H2,1-9H3. The number of hydrogen-bond acceptors (Lipinski definition) is 5. The number of benzene rings is 1. The van der Waals surface area contributed by atoms with E-state index in [-0.39, 0.29) is 18.4 Å². The molecular formula is C22H35NO5Si3. The van der Waals surface area contributed by atoms with Crippen molar-refractivity contribution in [2.24, 2.45) is 0 Å². The summed E-state index contributed by atoms with van der Waals surface area (Å²) in [6, 6.07) is 7.74. The van der Waals surface area contributed by atoms with E-state index in [9.17, 15) is 9.59 Å².